The summed E-state index contributed by atoms with van der Waals surface area (Å²) in [5.74, 6) is 0.481. The normalized spacial score (nSPS) is 19.0. The Morgan fingerprint density at radius 1 is 1.06 bits per heavy atom. The van der Waals surface area contributed by atoms with E-state index in [1.165, 1.54) is 21.7 Å². The fraction of sp³-hybridized carbons (Fsp3) is 0.333. The number of thioether (sulfide) groups is 1. The van der Waals surface area contributed by atoms with Crippen molar-refractivity contribution < 1.29 is 4.79 Å². The molecule has 3 aromatic rings. The molecule has 1 aromatic carbocycles. The van der Waals surface area contributed by atoms with E-state index in [0.717, 1.165) is 39.1 Å². The van der Waals surface area contributed by atoms with Crippen LogP contribution in [-0.2, 0) is 11.3 Å². The van der Waals surface area contributed by atoms with Gasteiger partial charge in [-0.15, -0.1) is 0 Å². The zero-order valence-electron chi connectivity index (χ0n) is 20.5. The fourth-order valence-electron chi connectivity index (χ4n) is 4.59. The highest BCUT2D eigenvalue weighted by atomic mass is 32.2. The summed E-state index contributed by atoms with van der Waals surface area (Å²) < 4.78 is 2.07. The van der Waals surface area contributed by atoms with Crippen molar-refractivity contribution in [2.24, 2.45) is 0 Å². The van der Waals surface area contributed by atoms with Crippen LogP contribution in [-0.4, -0.2) is 61.6 Å². The zero-order valence-corrected chi connectivity index (χ0v) is 22.1. The van der Waals surface area contributed by atoms with E-state index < -0.39 is 0 Å². The average molecular weight is 520 g/mol. The van der Waals surface area contributed by atoms with Crippen LogP contribution in [0.4, 0.5) is 5.82 Å². The second kappa shape index (κ2) is 10.5. The number of benzene rings is 1. The van der Waals surface area contributed by atoms with Crippen molar-refractivity contribution in [3.63, 3.8) is 0 Å². The molecular weight excluding hydrogens is 490 g/mol. The lowest BCUT2D eigenvalue weighted by Gasteiger charge is -2.36. The summed E-state index contributed by atoms with van der Waals surface area (Å²) in [5.41, 5.74) is 2.13. The number of rotatable bonds is 6. The average Bonchev–Trinajstić information content (AvgIpc) is 3.18. The van der Waals surface area contributed by atoms with Crippen LogP contribution in [0.2, 0.25) is 0 Å². The molecule has 0 spiro atoms. The van der Waals surface area contributed by atoms with Gasteiger partial charge in [0, 0.05) is 45.0 Å². The number of hydrogen-bond acceptors (Lipinski definition) is 7. The SMILES string of the molecule is CC[C@H](C)N1C(=O)/C(=C/c2c(N3CCN(Cc4ccccc4)CC3)nc3ccccn3c2=O)SC1=S. The van der Waals surface area contributed by atoms with Crippen LogP contribution in [0.5, 0.6) is 0 Å². The van der Waals surface area contributed by atoms with Crippen molar-refractivity contribution in [1.82, 2.24) is 19.2 Å². The molecule has 7 nitrogen and oxygen atoms in total. The smallest absolute Gasteiger partial charge is 0.267 e. The number of nitrogens with zero attached hydrogens (tertiary/aromatic N) is 5. The number of aromatic nitrogens is 2. The first-order chi connectivity index (χ1) is 17.5. The van der Waals surface area contributed by atoms with Crippen LogP contribution in [0.3, 0.4) is 0 Å². The minimum absolute atomic E-state index is 0.0105. The van der Waals surface area contributed by atoms with Gasteiger partial charge in [0.2, 0.25) is 0 Å². The Bertz CT molecular complexity index is 1380. The van der Waals surface area contributed by atoms with Gasteiger partial charge in [-0.2, -0.15) is 0 Å². The molecule has 0 unspecified atom stereocenters. The van der Waals surface area contributed by atoms with Crippen molar-refractivity contribution in [1.29, 1.82) is 0 Å². The molecule has 5 rings (SSSR count). The molecule has 1 atom stereocenters. The highest BCUT2D eigenvalue weighted by Gasteiger charge is 2.35. The summed E-state index contributed by atoms with van der Waals surface area (Å²) in [6.07, 6.45) is 4.22. The largest absolute Gasteiger partial charge is 0.353 e. The minimum atomic E-state index is -0.184. The Labute approximate surface area is 220 Å². The topological polar surface area (TPSA) is 61.2 Å². The minimum Gasteiger partial charge on any atom is -0.353 e. The maximum Gasteiger partial charge on any atom is 0.267 e. The maximum absolute atomic E-state index is 13.6. The molecule has 9 heteroatoms. The summed E-state index contributed by atoms with van der Waals surface area (Å²) >= 11 is 6.76. The van der Waals surface area contributed by atoms with Crippen molar-refractivity contribution in [2.75, 3.05) is 31.1 Å². The number of thiocarbonyl (C=S) groups is 1. The first kappa shape index (κ1) is 24.7. The number of carbonyl (C=O) groups is 1. The Hall–Kier alpha value is -3.01. The van der Waals surface area contributed by atoms with Gasteiger partial charge >= 0.3 is 0 Å². The first-order valence-corrected chi connectivity index (χ1v) is 13.5. The molecule has 0 bridgehead atoms. The molecule has 0 saturated carbocycles. The van der Waals surface area contributed by atoms with Crippen molar-refractivity contribution >= 4 is 51.7 Å². The molecule has 2 saturated heterocycles. The highest BCUT2D eigenvalue weighted by Crippen LogP contribution is 2.35. The number of hydrogen-bond donors (Lipinski definition) is 0. The second-order valence-electron chi connectivity index (χ2n) is 9.14. The second-order valence-corrected chi connectivity index (χ2v) is 10.8. The first-order valence-electron chi connectivity index (χ1n) is 12.3. The standard InChI is InChI=1S/C27H29N5O2S2/c1-3-19(2)32-26(34)22(36-27(32)35)17-21-24(28-23-11-7-8-12-31(23)25(21)33)30-15-13-29(14-16-30)18-20-9-5-4-6-10-20/h4-12,17,19H,3,13-16,18H2,1-2H3/b22-17-/t19-/m0/s1. The third kappa shape index (κ3) is 4.83. The lowest BCUT2D eigenvalue weighted by atomic mass is 10.1. The molecule has 0 aliphatic carbocycles. The third-order valence-corrected chi connectivity index (χ3v) is 8.13. The van der Waals surface area contributed by atoms with Gasteiger partial charge in [-0.3, -0.25) is 23.8 Å². The number of piperazine rings is 1. The summed E-state index contributed by atoms with van der Waals surface area (Å²) in [4.78, 5) is 38.4. The Balaban J connectivity index is 1.47. The predicted octanol–water partition coefficient (Wildman–Crippen LogP) is 4.02. The van der Waals surface area contributed by atoms with Crippen molar-refractivity contribution in [2.45, 2.75) is 32.9 Å². The summed E-state index contributed by atoms with van der Waals surface area (Å²) in [6.45, 7) is 8.13. The van der Waals surface area contributed by atoms with Crippen LogP contribution < -0.4 is 10.5 Å². The fourth-order valence-corrected chi connectivity index (χ4v) is 6.04. The van der Waals surface area contributed by atoms with Crippen molar-refractivity contribution in [3.05, 3.63) is 81.1 Å². The molecule has 0 radical (unpaired) electrons. The molecule has 186 valence electrons. The molecular formula is C27H29N5O2S2. The Morgan fingerprint density at radius 2 is 1.78 bits per heavy atom. The predicted molar refractivity (Wildman–Crippen MR) is 150 cm³/mol. The Morgan fingerprint density at radius 3 is 2.50 bits per heavy atom. The molecule has 0 N–H and O–H groups in total. The van der Waals surface area contributed by atoms with E-state index >= 15 is 0 Å². The van der Waals surface area contributed by atoms with Gasteiger partial charge in [0.15, 0.2) is 0 Å². The maximum atomic E-state index is 13.6. The highest BCUT2D eigenvalue weighted by molar-refractivity contribution is 8.26. The Kier molecular flexibility index (Phi) is 7.22. The molecule has 36 heavy (non-hydrogen) atoms. The number of amides is 1. The number of anilines is 1. The van der Waals surface area contributed by atoms with Crippen LogP contribution >= 0.6 is 24.0 Å². The van der Waals surface area contributed by atoms with E-state index in [1.54, 1.807) is 17.2 Å². The molecule has 2 fully saturated rings. The van der Waals surface area contributed by atoms with E-state index in [9.17, 15) is 9.59 Å². The summed E-state index contributed by atoms with van der Waals surface area (Å²) in [7, 11) is 0. The van der Waals surface area contributed by atoms with Gasteiger partial charge in [-0.1, -0.05) is 67.3 Å². The van der Waals surface area contributed by atoms with Crippen molar-refractivity contribution in [3.8, 4) is 0 Å². The van der Waals surface area contributed by atoms with E-state index in [1.807, 2.05) is 38.1 Å². The summed E-state index contributed by atoms with van der Waals surface area (Å²) in [5, 5.41) is 0. The molecule has 1 amide bonds. The van der Waals surface area contributed by atoms with Crippen LogP contribution in [0.15, 0.2) is 64.4 Å². The van der Waals surface area contributed by atoms with Crippen LogP contribution in [0.25, 0.3) is 11.7 Å². The van der Waals surface area contributed by atoms with Gasteiger partial charge in [0.1, 0.15) is 15.8 Å². The van der Waals surface area contributed by atoms with E-state index in [4.69, 9.17) is 17.2 Å². The molecule has 2 aliphatic rings. The number of carbonyl (C=O) groups excluding carboxylic acids is 1. The number of pyridine rings is 1. The van der Waals surface area contributed by atoms with E-state index in [0.29, 0.717) is 26.3 Å². The zero-order chi connectivity index (χ0) is 25.2. The molecule has 2 aromatic heterocycles. The van der Waals surface area contributed by atoms with E-state index in [2.05, 4.69) is 34.1 Å². The van der Waals surface area contributed by atoms with Gasteiger partial charge in [-0.25, -0.2) is 4.98 Å². The number of fused-ring (bicyclic) bond motifs is 1. The van der Waals surface area contributed by atoms with Gasteiger partial charge in [-0.05, 0) is 37.1 Å². The van der Waals surface area contributed by atoms with Gasteiger partial charge in [0.05, 0.1) is 10.5 Å². The third-order valence-electron chi connectivity index (χ3n) is 6.80. The summed E-state index contributed by atoms with van der Waals surface area (Å²) in [6, 6.07) is 16.0. The quantitative estimate of drug-likeness (QED) is 0.360. The lowest BCUT2D eigenvalue weighted by molar-refractivity contribution is -0.123. The monoisotopic (exact) mass is 519 g/mol. The molecule has 2 aliphatic heterocycles. The van der Waals surface area contributed by atoms with Crippen LogP contribution in [0, 0.1) is 0 Å². The lowest BCUT2D eigenvalue weighted by Crippen LogP contribution is -2.47. The van der Waals surface area contributed by atoms with Gasteiger partial charge < -0.3 is 4.90 Å². The van der Waals surface area contributed by atoms with Crippen LogP contribution in [0.1, 0.15) is 31.4 Å². The molecule has 4 heterocycles. The van der Waals surface area contributed by atoms with Gasteiger partial charge in [0.25, 0.3) is 11.5 Å². The van der Waals surface area contributed by atoms with E-state index in [-0.39, 0.29) is 17.5 Å².